The van der Waals surface area contributed by atoms with Gasteiger partial charge in [-0.2, -0.15) is 0 Å². The molecule has 1 rings (SSSR count). The summed E-state index contributed by atoms with van der Waals surface area (Å²) in [5, 5.41) is 3.53. The normalized spacial score (nSPS) is 14.1. The third kappa shape index (κ3) is 5.28. The van der Waals surface area contributed by atoms with Crippen LogP contribution in [0.3, 0.4) is 0 Å². The summed E-state index contributed by atoms with van der Waals surface area (Å²) in [5.41, 5.74) is 2.35. The van der Waals surface area contributed by atoms with E-state index in [0.29, 0.717) is 11.5 Å². The van der Waals surface area contributed by atoms with Crippen LogP contribution in [-0.4, -0.2) is 11.5 Å². The fraction of sp³-hybridized carbons (Fsp3) is 0.750. The summed E-state index contributed by atoms with van der Waals surface area (Å²) >= 11 is 1.72. The van der Waals surface area contributed by atoms with E-state index < -0.39 is 0 Å². The molecule has 0 bridgehead atoms. The molecule has 1 N–H and O–H groups in total. The van der Waals surface area contributed by atoms with E-state index in [4.69, 9.17) is 0 Å². The van der Waals surface area contributed by atoms with Crippen LogP contribution in [-0.2, 0) is 0 Å². The second-order valence-corrected chi connectivity index (χ2v) is 6.16. The topological polar surface area (TPSA) is 24.9 Å². The van der Waals surface area contributed by atoms with Crippen molar-refractivity contribution in [1.29, 1.82) is 0 Å². The molecule has 3 heteroatoms. The van der Waals surface area contributed by atoms with E-state index in [0.717, 1.165) is 6.54 Å². The Kier molecular flexibility index (Phi) is 4.74. The summed E-state index contributed by atoms with van der Waals surface area (Å²) < 4.78 is 0. The van der Waals surface area contributed by atoms with Gasteiger partial charge in [-0.3, -0.25) is 4.98 Å². The van der Waals surface area contributed by atoms with E-state index in [1.165, 1.54) is 17.7 Å². The summed E-state index contributed by atoms with van der Waals surface area (Å²) in [5.74, 6) is 0. The van der Waals surface area contributed by atoms with Crippen molar-refractivity contribution in [3.8, 4) is 0 Å². The third-order valence-electron chi connectivity index (χ3n) is 2.43. The zero-order valence-electron chi connectivity index (χ0n) is 10.2. The minimum absolute atomic E-state index is 0.442. The maximum Gasteiger partial charge on any atom is 0.0794 e. The molecule has 1 atom stereocenters. The molecule has 0 spiro atoms. The summed E-state index contributed by atoms with van der Waals surface area (Å²) in [6.45, 7) is 10.2. The van der Waals surface area contributed by atoms with Gasteiger partial charge in [-0.25, -0.2) is 0 Å². The fourth-order valence-electron chi connectivity index (χ4n) is 1.48. The Balaban J connectivity index is 2.16. The van der Waals surface area contributed by atoms with Gasteiger partial charge in [-0.05, 0) is 31.7 Å². The Labute approximate surface area is 97.1 Å². The largest absolute Gasteiger partial charge is 0.309 e. The Morgan fingerprint density at radius 3 is 2.73 bits per heavy atom. The van der Waals surface area contributed by atoms with E-state index in [9.17, 15) is 0 Å². The molecule has 0 saturated carbocycles. The van der Waals surface area contributed by atoms with E-state index >= 15 is 0 Å². The highest BCUT2D eigenvalue weighted by molar-refractivity contribution is 7.09. The highest BCUT2D eigenvalue weighted by Crippen LogP contribution is 2.21. The van der Waals surface area contributed by atoms with Crippen molar-refractivity contribution >= 4 is 11.3 Å². The average molecular weight is 226 g/mol. The van der Waals surface area contributed by atoms with Gasteiger partial charge in [0.25, 0.3) is 0 Å². The summed E-state index contributed by atoms with van der Waals surface area (Å²) in [4.78, 5) is 5.41. The minimum atomic E-state index is 0.442. The van der Waals surface area contributed by atoms with Crippen molar-refractivity contribution in [3.05, 3.63) is 16.6 Å². The van der Waals surface area contributed by atoms with Crippen LogP contribution in [0.2, 0.25) is 0 Å². The molecule has 1 aromatic rings. The summed E-state index contributed by atoms with van der Waals surface area (Å²) in [6, 6.07) is 0.442. The number of nitrogens with zero attached hydrogens (tertiary/aromatic N) is 1. The Morgan fingerprint density at radius 2 is 2.20 bits per heavy atom. The van der Waals surface area contributed by atoms with Crippen LogP contribution in [0, 0.1) is 5.41 Å². The molecular weight excluding hydrogens is 204 g/mol. The standard InChI is InChI=1S/C12H22N2S/c1-10(11-8-13-9-15-11)14-7-5-6-12(2,3)4/h8-10,14H,5-7H2,1-4H3. The van der Waals surface area contributed by atoms with Gasteiger partial charge in [0.2, 0.25) is 0 Å². The number of hydrogen-bond donors (Lipinski definition) is 1. The van der Waals surface area contributed by atoms with Gasteiger partial charge in [0.1, 0.15) is 0 Å². The van der Waals surface area contributed by atoms with E-state index in [1.807, 2.05) is 11.7 Å². The van der Waals surface area contributed by atoms with Crippen LogP contribution < -0.4 is 5.32 Å². The van der Waals surface area contributed by atoms with Crippen molar-refractivity contribution < 1.29 is 0 Å². The van der Waals surface area contributed by atoms with E-state index in [-0.39, 0.29) is 0 Å². The zero-order chi connectivity index (χ0) is 11.3. The quantitative estimate of drug-likeness (QED) is 0.776. The number of nitrogens with one attached hydrogen (secondary N) is 1. The van der Waals surface area contributed by atoms with Gasteiger partial charge in [-0.1, -0.05) is 20.8 Å². The van der Waals surface area contributed by atoms with Gasteiger partial charge in [-0.15, -0.1) is 11.3 Å². The molecule has 0 aliphatic heterocycles. The van der Waals surface area contributed by atoms with Crippen molar-refractivity contribution in [2.24, 2.45) is 5.41 Å². The minimum Gasteiger partial charge on any atom is -0.309 e. The summed E-state index contributed by atoms with van der Waals surface area (Å²) in [7, 11) is 0. The van der Waals surface area contributed by atoms with Crippen LogP contribution in [0.25, 0.3) is 0 Å². The predicted molar refractivity (Wildman–Crippen MR) is 67.2 cm³/mol. The van der Waals surface area contributed by atoms with Gasteiger partial charge in [0.15, 0.2) is 0 Å². The molecule has 0 aliphatic carbocycles. The molecule has 0 saturated heterocycles. The first kappa shape index (κ1) is 12.7. The van der Waals surface area contributed by atoms with E-state index in [2.05, 4.69) is 38.0 Å². The predicted octanol–water partition coefficient (Wildman–Crippen LogP) is 3.62. The van der Waals surface area contributed by atoms with Crippen LogP contribution >= 0.6 is 11.3 Å². The van der Waals surface area contributed by atoms with Crippen molar-refractivity contribution in [2.45, 2.75) is 46.6 Å². The molecule has 0 aromatic carbocycles. The molecule has 0 amide bonds. The lowest BCUT2D eigenvalue weighted by Gasteiger charge is -2.18. The molecule has 1 aromatic heterocycles. The fourth-order valence-corrected chi connectivity index (χ4v) is 2.13. The van der Waals surface area contributed by atoms with Gasteiger partial charge >= 0.3 is 0 Å². The van der Waals surface area contributed by atoms with Crippen LogP contribution in [0.1, 0.15) is 51.5 Å². The second-order valence-electron chi connectivity index (χ2n) is 5.24. The van der Waals surface area contributed by atoms with Crippen molar-refractivity contribution in [3.63, 3.8) is 0 Å². The molecule has 0 fully saturated rings. The smallest absolute Gasteiger partial charge is 0.0794 e. The molecule has 2 nitrogen and oxygen atoms in total. The molecule has 1 unspecified atom stereocenters. The molecule has 0 aliphatic rings. The van der Waals surface area contributed by atoms with E-state index in [1.54, 1.807) is 11.3 Å². The van der Waals surface area contributed by atoms with Crippen molar-refractivity contribution in [1.82, 2.24) is 10.3 Å². The van der Waals surface area contributed by atoms with Gasteiger partial charge < -0.3 is 5.32 Å². The number of thiazole rings is 1. The lowest BCUT2D eigenvalue weighted by molar-refractivity contribution is 0.357. The van der Waals surface area contributed by atoms with Gasteiger partial charge in [0, 0.05) is 17.1 Å². The average Bonchev–Trinajstić information content (AvgIpc) is 2.63. The third-order valence-corrected chi connectivity index (χ3v) is 3.39. The number of aromatic nitrogens is 1. The Hall–Kier alpha value is -0.410. The maximum absolute atomic E-state index is 4.09. The lowest BCUT2D eigenvalue weighted by atomic mass is 9.90. The molecule has 1 heterocycles. The molecule has 15 heavy (non-hydrogen) atoms. The first-order chi connectivity index (χ1) is 6.99. The summed E-state index contributed by atoms with van der Waals surface area (Å²) in [6.07, 6.45) is 4.47. The molecule has 86 valence electrons. The lowest BCUT2D eigenvalue weighted by Crippen LogP contribution is -2.20. The van der Waals surface area contributed by atoms with Crippen LogP contribution in [0.4, 0.5) is 0 Å². The van der Waals surface area contributed by atoms with Crippen LogP contribution in [0.5, 0.6) is 0 Å². The molecular formula is C12H22N2S. The Morgan fingerprint density at radius 1 is 1.47 bits per heavy atom. The van der Waals surface area contributed by atoms with Crippen LogP contribution in [0.15, 0.2) is 11.7 Å². The highest BCUT2D eigenvalue weighted by Gasteiger charge is 2.10. The first-order valence-corrected chi connectivity index (χ1v) is 6.49. The number of rotatable bonds is 5. The SMILES string of the molecule is CC(NCCCC(C)(C)C)c1cncs1. The zero-order valence-corrected chi connectivity index (χ0v) is 11.0. The first-order valence-electron chi connectivity index (χ1n) is 5.61. The maximum atomic E-state index is 4.09. The second kappa shape index (κ2) is 5.61. The highest BCUT2D eigenvalue weighted by atomic mass is 32.1. The molecule has 0 radical (unpaired) electrons. The number of hydrogen-bond acceptors (Lipinski definition) is 3. The monoisotopic (exact) mass is 226 g/mol. The Bertz CT molecular complexity index is 262. The van der Waals surface area contributed by atoms with Gasteiger partial charge in [0.05, 0.1) is 5.51 Å². The van der Waals surface area contributed by atoms with Crippen molar-refractivity contribution in [2.75, 3.05) is 6.54 Å².